The van der Waals surface area contributed by atoms with E-state index in [-0.39, 0.29) is 5.82 Å². The van der Waals surface area contributed by atoms with Gasteiger partial charge in [-0.2, -0.15) is 0 Å². The maximum atomic E-state index is 13.2. The van der Waals surface area contributed by atoms with Gasteiger partial charge in [-0.3, -0.25) is 0 Å². The van der Waals surface area contributed by atoms with Crippen LogP contribution in [0.15, 0.2) is 18.2 Å². The predicted octanol–water partition coefficient (Wildman–Crippen LogP) is 3.10. The van der Waals surface area contributed by atoms with E-state index >= 15 is 0 Å². The zero-order valence-corrected chi connectivity index (χ0v) is 7.72. The molecule has 1 fully saturated rings. The Morgan fingerprint density at radius 1 is 1.46 bits per heavy atom. The molecule has 2 rings (SSSR count). The number of hydrogen-bond donors (Lipinski definition) is 0. The van der Waals surface area contributed by atoms with Crippen molar-refractivity contribution in [2.75, 3.05) is 6.61 Å². The zero-order chi connectivity index (χ0) is 9.26. The van der Waals surface area contributed by atoms with E-state index in [4.69, 9.17) is 4.74 Å². The summed E-state index contributed by atoms with van der Waals surface area (Å²) < 4.78 is 18.6. The average molecular weight is 180 g/mol. The molecule has 1 nitrogen and oxygen atoms in total. The average Bonchev–Trinajstić information content (AvgIpc) is 2.92. The summed E-state index contributed by atoms with van der Waals surface area (Å²) in [6.45, 7) is 2.57. The third kappa shape index (κ3) is 1.82. The summed E-state index contributed by atoms with van der Waals surface area (Å²) in [7, 11) is 0. The van der Waals surface area contributed by atoms with Crippen LogP contribution in [0.3, 0.4) is 0 Å². The van der Waals surface area contributed by atoms with Gasteiger partial charge in [-0.25, -0.2) is 4.39 Å². The van der Waals surface area contributed by atoms with Crippen LogP contribution in [0.1, 0.15) is 31.2 Å². The fourth-order valence-corrected chi connectivity index (χ4v) is 1.49. The van der Waals surface area contributed by atoms with Gasteiger partial charge in [-0.15, -0.1) is 0 Å². The van der Waals surface area contributed by atoms with Gasteiger partial charge in [0.05, 0.1) is 6.61 Å². The fraction of sp³-hybridized carbons (Fsp3) is 0.455. The molecule has 0 amide bonds. The molecule has 1 aromatic rings. The lowest BCUT2D eigenvalue weighted by atomic mass is 10.1. The van der Waals surface area contributed by atoms with Gasteiger partial charge in [0.25, 0.3) is 0 Å². The third-order valence-electron chi connectivity index (χ3n) is 2.30. The molecule has 0 aliphatic heterocycles. The molecule has 0 saturated heterocycles. The number of hydrogen-bond acceptors (Lipinski definition) is 1. The molecular formula is C11H13FO. The van der Waals surface area contributed by atoms with E-state index in [1.165, 1.54) is 6.07 Å². The van der Waals surface area contributed by atoms with Crippen molar-refractivity contribution in [2.24, 2.45) is 0 Å². The summed E-state index contributed by atoms with van der Waals surface area (Å²) >= 11 is 0. The highest BCUT2D eigenvalue weighted by molar-refractivity contribution is 5.34. The molecule has 70 valence electrons. The Morgan fingerprint density at radius 2 is 2.23 bits per heavy atom. The lowest BCUT2D eigenvalue weighted by Gasteiger charge is -2.06. The lowest BCUT2D eigenvalue weighted by molar-refractivity contribution is 0.339. The zero-order valence-electron chi connectivity index (χ0n) is 7.72. The Labute approximate surface area is 77.5 Å². The van der Waals surface area contributed by atoms with Gasteiger partial charge < -0.3 is 4.74 Å². The lowest BCUT2D eigenvalue weighted by Crippen LogP contribution is -1.94. The van der Waals surface area contributed by atoms with Crippen LogP contribution in [-0.2, 0) is 0 Å². The first-order chi connectivity index (χ1) is 6.31. The highest BCUT2D eigenvalue weighted by Crippen LogP contribution is 2.42. The molecule has 1 aromatic carbocycles. The van der Waals surface area contributed by atoms with Crippen molar-refractivity contribution in [3.05, 3.63) is 29.6 Å². The van der Waals surface area contributed by atoms with Crippen molar-refractivity contribution in [1.82, 2.24) is 0 Å². The van der Waals surface area contributed by atoms with Crippen LogP contribution in [0.2, 0.25) is 0 Å². The van der Waals surface area contributed by atoms with Gasteiger partial charge in [-0.1, -0.05) is 0 Å². The maximum Gasteiger partial charge on any atom is 0.126 e. The van der Waals surface area contributed by atoms with Crippen molar-refractivity contribution < 1.29 is 9.13 Å². The van der Waals surface area contributed by atoms with Crippen molar-refractivity contribution in [3.63, 3.8) is 0 Å². The summed E-state index contributed by atoms with van der Waals surface area (Å²) in [6, 6.07) is 5.01. The quantitative estimate of drug-likeness (QED) is 0.694. The second kappa shape index (κ2) is 3.36. The Bertz CT molecular complexity index is 305. The molecule has 0 bridgehead atoms. The summed E-state index contributed by atoms with van der Waals surface area (Å²) in [6.07, 6.45) is 2.24. The Hall–Kier alpha value is -1.05. The minimum absolute atomic E-state index is 0.0917. The highest BCUT2D eigenvalue weighted by atomic mass is 19.1. The Balaban J connectivity index is 2.25. The van der Waals surface area contributed by atoms with E-state index in [0.29, 0.717) is 12.5 Å². The van der Waals surface area contributed by atoms with Gasteiger partial charge in [0.2, 0.25) is 0 Å². The first kappa shape index (κ1) is 8.54. The van der Waals surface area contributed by atoms with Crippen molar-refractivity contribution in [3.8, 4) is 5.75 Å². The van der Waals surface area contributed by atoms with Gasteiger partial charge in [0.15, 0.2) is 0 Å². The van der Waals surface area contributed by atoms with Crippen molar-refractivity contribution in [1.29, 1.82) is 0 Å². The van der Waals surface area contributed by atoms with Crippen LogP contribution in [-0.4, -0.2) is 6.61 Å². The van der Waals surface area contributed by atoms with Gasteiger partial charge >= 0.3 is 0 Å². The summed E-state index contributed by atoms with van der Waals surface area (Å²) in [4.78, 5) is 0. The molecule has 1 aliphatic rings. The molecule has 0 spiro atoms. The molecule has 0 aromatic heterocycles. The number of ether oxygens (including phenoxy) is 1. The van der Waals surface area contributed by atoms with E-state index in [0.717, 1.165) is 24.2 Å². The van der Waals surface area contributed by atoms with Crippen LogP contribution in [0.4, 0.5) is 4.39 Å². The van der Waals surface area contributed by atoms with Gasteiger partial charge in [0, 0.05) is 0 Å². The highest BCUT2D eigenvalue weighted by Gasteiger charge is 2.26. The second-order valence-corrected chi connectivity index (χ2v) is 3.39. The maximum absolute atomic E-state index is 13.2. The first-order valence-corrected chi connectivity index (χ1v) is 4.73. The predicted molar refractivity (Wildman–Crippen MR) is 49.5 cm³/mol. The van der Waals surface area contributed by atoms with E-state index in [9.17, 15) is 4.39 Å². The first-order valence-electron chi connectivity index (χ1n) is 4.73. The molecule has 2 heteroatoms. The monoisotopic (exact) mass is 180 g/mol. The van der Waals surface area contributed by atoms with Crippen molar-refractivity contribution >= 4 is 0 Å². The fourth-order valence-electron chi connectivity index (χ4n) is 1.49. The van der Waals surface area contributed by atoms with Crippen molar-refractivity contribution in [2.45, 2.75) is 25.7 Å². The van der Waals surface area contributed by atoms with Gasteiger partial charge in [-0.05, 0) is 49.4 Å². The largest absolute Gasteiger partial charge is 0.494 e. The Kier molecular flexibility index (Phi) is 2.21. The molecule has 0 unspecified atom stereocenters. The minimum atomic E-state index is -0.0917. The standard InChI is InChI=1S/C11H13FO/c1-2-13-9-5-6-11(12)10(7-9)8-3-4-8/h5-8H,2-4H2,1H3. The van der Waals surface area contributed by atoms with Crippen LogP contribution in [0.5, 0.6) is 5.75 Å². The third-order valence-corrected chi connectivity index (χ3v) is 2.30. The molecule has 1 saturated carbocycles. The molecule has 0 heterocycles. The second-order valence-electron chi connectivity index (χ2n) is 3.39. The molecular weight excluding hydrogens is 167 g/mol. The van der Waals surface area contributed by atoms with E-state index in [1.807, 2.05) is 13.0 Å². The SMILES string of the molecule is CCOc1ccc(F)c(C2CC2)c1. The molecule has 0 radical (unpaired) electrons. The molecule has 0 N–H and O–H groups in total. The van der Waals surface area contributed by atoms with E-state index in [1.54, 1.807) is 6.07 Å². The molecule has 0 atom stereocenters. The smallest absolute Gasteiger partial charge is 0.126 e. The molecule has 13 heavy (non-hydrogen) atoms. The Morgan fingerprint density at radius 3 is 2.85 bits per heavy atom. The van der Waals surface area contributed by atoms with Crippen LogP contribution in [0, 0.1) is 5.82 Å². The summed E-state index contributed by atoms with van der Waals surface area (Å²) in [5.41, 5.74) is 0.825. The minimum Gasteiger partial charge on any atom is -0.494 e. The molecule has 1 aliphatic carbocycles. The van der Waals surface area contributed by atoms with Crippen LogP contribution < -0.4 is 4.74 Å². The van der Waals surface area contributed by atoms with E-state index < -0.39 is 0 Å². The number of rotatable bonds is 3. The topological polar surface area (TPSA) is 9.23 Å². The van der Waals surface area contributed by atoms with Crippen LogP contribution in [0.25, 0.3) is 0 Å². The van der Waals surface area contributed by atoms with Gasteiger partial charge in [0.1, 0.15) is 11.6 Å². The summed E-state index contributed by atoms with van der Waals surface area (Å²) in [5.74, 6) is 1.14. The van der Waals surface area contributed by atoms with E-state index in [2.05, 4.69) is 0 Å². The number of benzene rings is 1. The number of halogens is 1. The normalized spacial score (nSPS) is 15.8. The summed E-state index contributed by atoms with van der Waals surface area (Å²) in [5, 5.41) is 0. The van der Waals surface area contributed by atoms with Crippen LogP contribution >= 0.6 is 0 Å².